The second-order valence-electron chi connectivity index (χ2n) is 5.17. The topological polar surface area (TPSA) is 33.6 Å². The molecule has 5 heteroatoms. The van der Waals surface area contributed by atoms with Crippen LogP contribution in [0.25, 0.3) is 16.5 Å². The van der Waals surface area contributed by atoms with E-state index in [1.54, 1.807) is 0 Å². The molecule has 0 amide bonds. The Morgan fingerprint density at radius 1 is 1.15 bits per heavy atom. The van der Waals surface area contributed by atoms with Crippen molar-refractivity contribution in [2.45, 2.75) is 18.8 Å². The monoisotopic (exact) mass is 345 g/mol. The van der Waals surface area contributed by atoms with Gasteiger partial charge in [0, 0.05) is 10.4 Å². The molecule has 1 aliphatic carbocycles. The summed E-state index contributed by atoms with van der Waals surface area (Å²) in [5, 5.41) is 9.73. The summed E-state index contributed by atoms with van der Waals surface area (Å²) < 4.78 is 3.83. The number of benzene rings is 2. The minimum atomic E-state index is 0.559. The van der Waals surface area contributed by atoms with Gasteiger partial charge < -0.3 is 0 Å². The van der Waals surface area contributed by atoms with Crippen LogP contribution in [0.2, 0.25) is 0 Å². The van der Waals surface area contributed by atoms with Crippen LogP contribution in [-0.4, -0.2) is 14.8 Å². The number of hydrogen-bond donors (Lipinski definition) is 1. The largest absolute Gasteiger partial charge is 0.272 e. The Balaban J connectivity index is 1.92. The Hall–Kier alpha value is -1.46. The quantitative estimate of drug-likeness (QED) is 0.681. The Kier molecular flexibility index (Phi) is 2.79. The number of aromatic nitrogens is 3. The lowest BCUT2D eigenvalue weighted by atomic mass is 10.1. The van der Waals surface area contributed by atoms with Gasteiger partial charge in [-0.1, -0.05) is 28.1 Å². The zero-order valence-corrected chi connectivity index (χ0v) is 13.0. The molecule has 20 heavy (non-hydrogen) atoms. The Labute approximate surface area is 129 Å². The minimum Gasteiger partial charge on any atom is -0.272 e. The highest BCUT2D eigenvalue weighted by atomic mass is 79.9. The van der Waals surface area contributed by atoms with Gasteiger partial charge in [0.05, 0.1) is 5.69 Å². The zero-order valence-electron chi connectivity index (χ0n) is 10.6. The first kappa shape index (κ1) is 12.3. The molecule has 2 aromatic carbocycles. The average Bonchev–Trinajstić information content (AvgIpc) is 3.21. The lowest BCUT2D eigenvalue weighted by Gasteiger charge is -2.08. The first-order valence-electron chi connectivity index (χ1n) is 6.59. The molecular weight excluding hydrogens is 334 g/mol. The van der Waals surface area contributed by atoms with E-state index in [1.807, 2.05) is 0 Å². The third-order valence-electron chi connectivity index (χ3n) is 3.68. The second kappa shape index (κ2) is 4.53. The molecular formula is C15H12BrN3S. The van der Waals surface area contributed by atoms with E-state index < -0.39 is 0 Å². The number of aromatic amines is 1. The molecule has 1 saturated carbocycles. The van der Waals surface area contributed by atoms with Gasteiger partial charge in [-0.25, -0.2) is 0 Å². The third-order valence-corrected chi connectivity index (χ3v) is 4.45. The number of nitrogens with zero attached hydrogens (tertiary/aromatic N) is 2. The Morgan fingerprint density at radius 3 is 2.70 bits per heavy atom. The van der Waals surface area contributed by atoms with Crippen LogP contribution >= 0.6 is 28.1 Å². The molecule has 100 valence electrons. The summed E-state index contributed by atoms with van der Waals surface area (Å²) in [5.74, 6) is 1.62. The highest BCUT2D eigenvalue weighted by molar-refractivity contribution is 9.10. The predicted octanol–water partition coefficient (Wildman–Crippen LogP) is 4.72. The third kappa shape index (κ3) is 2.01. The van der Waals surface area contributed by atoms with Crippen LogP contribution in [-0.2, 0) is 0 Å². The molecule has 0 bridgehead atoms. The second-order valence-corrected chi connectivity index (χ2v) is 6.47. The summed E-state index contributed by atoms with van der Waals surface area (Å²) in [6.07, 6.45) is 2.42. The van der Waals surface area contributed by atoms with Crippen molar-refractivity contribution in [3.63, 3.8) is 0 Å². The maximum absolute atomic E-state index is 5.38. The van der Waals surface area contributed by atoms with Gasteiger partial charge in [0.1, 0.15) is 5.82 Å². The fourth-order valence-corrected chi connectivity index (χ4v) is 3.14. The van der Waals surface area contributed by atoms with Gasteiger partial charge in [0.2, 0.25) is 0 Å². The summed E-state index contributed by atoms with van der Waals surface area (Å²) >= 11 is 8.89. The summed E-state index contributed by atoms with van der Waals surface area (Å²) in [7, 11) is 0. The van der Waals surface area contributed by atoms with Crippen molar-refractivity contribution < 1.29 is 0 Å². The van der Waals surface area contributed by atoms with Crippen molar-refractivity contribution in [1.82, 2.24) is 14.8 Å². The average molecular weight is 346 g/mol. The van der Waals surface area contributed by atoms with E-state index in [0.29, 0.717) is 10.7 Å². The van der Waals surface area contributed by atoms with Crippen LogP contribution in [0, 0.1) is 4.77 Å². The minimum absolute atomic E-state index is 0.559. The van der Waals surface area contributed by atoms with E-state index in [-0.39, 0.29) is 0 Å². The van der Waals surface area contributed by atoms with Crippen molar-refractivity contribution in [3.05, 3.63) is 51.5 Å². The van der Waals surface area contributed by atoms with Crippen molar-refractivity contribution in [1.29, 1.82) is 0 Å². The number of hydrogen-bond acceptors (Lipinski definition) is 2. The number of rotatable bonds is 2. The van der Waals surface area contributed by atoms with Crippen LogP contribution in [0.3, 0.4) is 0 Å². The predicted molar refractivity (Wildman–Crippen MR) is 85.9 cm³/mol. The fourth-order valence-electron chi connectivity index (χ4n) is 2.52. The van der Waals surface area contributed by atoms with E-state index >= 15 is 0 Å². The standard InChI is InChI=1S/C15H12BrN3S/c16-12-5-3-11-8-13(6-4-10(11)7-12)19-14(9-1-2-9)17-18-15(19)20/h3-9H,1-2H2,(H,18,20). The molecule has 0 spiro atoms. The molecule has 0 aliphatic heterocycles. The van der Waals surface area contributed by atoms with Crippen LogP contribution in [0.4, 0.5) is 0 Å². The number of fused-ring (bicyclic) bond motifs is 1. The lowest BCUT2D eigenvalue weighted by Crippen LogP contribution is -2.00. The van der Waals surface area contributed by atoms with Gasteiger partial charge >= 0.3 is 0 Å². The van der Waals surface area contributed by atoms with Crippen LogP contribution < -0.4 is 0 Å². The van der Waals surface area contributed by atoms with Gasteiger partial charge in [-0.05, 0) is 60.1 Å². The summed E-state index contributed by atoms with van der Waals surface area (Å²) in [5.41, 5.74) is 1.08. The van der Waals surface area contributed by atoms with E-state index in [1.165, 1.54) is 23.6 Å². The normalized spacial score (nSPS) is 14.8. The van der Waals surface area contributed by atoms with E-state index in [0.717, 1.165) is 16.0 Å². The highest BCUT2D eigenvalue weighted by Gasteiger charge is 2.29. The van der Waals surface area contributed by atoms with Crippen LogP contribution in [0.1, 0.15) is 24.6 Å². The molecule has 1 aromatic heterocycles. The van der Waals surface area contributed by atoms with E-state index in [9.17, 15) is 0 Å². The SMILES string of the molecule is S=c1[nH]nc(C2CC2)n1-c1ccc2cc(Br)ccc2c1. The molecule has 0 atom stereocenters. The first-order chi connectivity index (χ1) is 9.72. The van der Waals surface area contributed by atoms with E-state index in [2.05, 4.69) is 67.1 Å². The van der Waals surface area contributed by atoms with Crippen LogP contribution in [0.15, 0.2) is 40.9 Å². The smallest absolute Gasteiger partial charge is 0.199 e. The molecule has 1 fully saturated rings. The number of nitrogens with one attached hydrogen (secondary N) is 1. The Morgan fingerprint density at radius 2 is 1.90 bits per heavy atom. The molecule has 4 rings (SSSR count). The molecule has 3 aromatic rings. The molecule has 3 nitrogen and oxygen atoms in total. The van der Waals surface area contributed by atoms with Crippen LogP contribution in [0.5, 0.6) is 0 Å². The molecule has 0 radical (unpaired) electrons. The highest BCUT2D eigenvalue weighted by Crippen LogP contribution is 2.39. The zero-order chi connectivity index (χ0) is 13.7. The summed E-state index contributed by atoms with van der Waals surface area (Å²) in [6, 6.07) is 12.7. The van der Waals surface area contributed by atoms with Crippen molar-refractivity contribution >= 4 is 38.9 Å². The van der Waals surface area contributed by atoms with Crippen molar-refractivity contribution in [3.8, 4) is 5.69 Å². The maximum Gasteiger partial charge on any atom is 0.199 e. The summed E-state index contributed by atoms with van der Waals surface area (Å²) in [4.78, 5) is 0. The summed E-state index contributed by atoms with van der Waals surface area (Å²) in [6.45, 7) is 0. The van der Waals surface area contributed by atoms with Gasteiger partial charge in [-0.15, -0.1) is 0 Å². The number of H-pyrrole nitrogens is 1. The molecule has 1 N–H and O–H groups in total. The lowest BCUT2D eigenvalue weighted by molar-refractivity contribution is 0.869. The van der Waals surface area contributed by atoms with Gasteiger partial charge in [-0.3, -0.25) is 9.67 Å². The van der Waals surface area contributed by atoms with Gasteiger partial charge in [-0.2, -0.15) is 5.10 Å². The fraction of sp³-hybridized carbons (Fsp3) is 0.200. The molecule has 0 unspecified atom stereocenters. The van der Waals surface area contributed by atoms with Gasteiger partial charge in [0.25, 0.3) is 0 Å². The van der Waals surface area contributed by atoms with E-state index in [4.69, 9.17) is 12.2 Å². The maximum atomic E-state index is 5.38. The van der Waals surface area contributed by atoms with Gasteiger partial charge in [0.15, 0.2) is 4.77 Å². The van der Waals surface area contributed by atoms with Crippen molar-refractivity contribution in [2.75, 3.05) is 0 Å². The first-order valence-corrected chi connectivity index (χ1v) is 7.79. The Bertz CT molecular complexity index is 861. The van der Waals surface area contributed by atoms with Crippen molar-refractivity contribution in [2.24, 2.45) is 0 Å². The molecule has 0 saturated heterocycles. The number of halogens is 1. The molecule has 1 heterocycles. The molecule has 1 aliphatic rings.